The predicted octanol–water partition coefficient (Wildman–Crippen LogP) is 3.26. The molecule has 2 saturated carbocycles. The first kappa shape index (κ1) is 14.3. The van der Waals surface area contributed by atoms with Gasteiger partial charge in [-0.3, -0.25) is 0 Å². The van der Waals surface area contributed by atoms with Crippen molar-refractivity contribution >= 4 is 0 Å². The zero-order chi connectivity index (χ0) is 13.0. The summed E-state index contributed by atoms with van der Waals surface area (Å²) in [6, 6.07) is 0.460. The Labute approximate surface area is 113 Å². The van der Waals surface area contributed by atoms with E-state index < -0.39 is 0 Å². The van der Waals surface area contributed by atoms with Crippen LogP contribution < -0.4 is 5.73 Å². The van der Waals surface area contributed by atoms with Crippen molar-refractivity contribution in [3.63, 3.8) is 0 Å². The van der Waals surface area contributed by atoms with Gasteiger partial charge in [0, 0.05) is 19.1 Å². The van der Waals surface area contributed by atoms with Gasteiger partial charge in [-0.15, -0.1) is 0 Å². The molecule has 2 fully saturated rings. The molecule has 0 aromatic carbocycles. The summed E-state index contributed by atoms with van der Waals surface area (Å²) in [6.07, 6.45) is 11.1. The highest BCUT2D eigenvalue weighted by Gasteiger charge is 2.29. The molecule has 2 aliphatic rings. The summed E-state index contributed by atoms with van der Waals surface area (Å²) in [5, 5.41) is 0. The smallest absolute Gasteiger partial charge is 0.00795 e. The lowest BCUT2D eigenvalue weighted by atomic mass is 9.76. The molecule has 2 heteroatoms. The van der Waals surface area contributed by atoms with Crippen LogP contribution in [0.3, 0.4) is 0 Å². The van der Waals surface area contributed by atoms with E-state index in [1.54, 1.807) is 0 Å². The van der Waals surface area contributed by atoms with Crippen LogP contribution >= 0.6 is 0 Å². The van der Waals surface area contributed by atoms with E-state index in [0.29, 0.717) is 6.04 Å². The number of nitrogens with zero attached hydrogens (tertiary/aromatic N) is 1. The van der Waals surface area contributed by atoms with Crippen LogP contribution in [0.2, 0.25) is 0 Å². The molecule has 0 saturated heterocycles. The average Bonchev–Trinajstić information content (AvgIpc) is 2.29. The quantitative estimate of drug-likeness (QED) is 0.786. The van der Waals surface area contributed by atoms with E-state index in [9.17, 15) is 0 Å². The minimum Gasteiger partial charge on any atom is -0.327 e. The Morgan fingerprint density at radius 2 is 1.83 bits per heavy atom. The van der Waals surface area contributed by atoms with Crippen LogP contribution in [0.5, 0.6) is 0 Å². The molecular formula is C16H32N2. The number of hydrogen-bond donors (Lipinski definition) is 1. The Bertz CT molecular complexity index is 237. The number of rotatable bonds is 6. The molecule has 0 amide bonds. The summed E-state index contributed by atoms with van der Waals surface area (Å²) in [6.45, 7) is 4.85. The van der Waals surface area contributed by atoms with Crippen LogP contribution in [0.25, 0.3) is 0 Å². The van der Waals surface area contributed by atoms with E-state index in [2.05, 4.69) is 18.9 Å². The van der Waals surface area contributed by atoms with Gasteiger partial charge in [0.15, 0.2) is 0 Å². The lowest BCUT2D eigenvalue weighted by Gasteiger charge is -2.38. The van der Waals surface area contributed by atoms with Crippen LogP contribution in [0.1, 0.15) is 58.3 Å². The molecule has 18 heavy (non-hydrogen) atoms. The molecule has 2 nitrogen and oxygen atoms in total. The highest BCUT2D eigenvalue weighted by molar-refractivity contribution is 4.85. The molecule has 3 unspecified atom stereocenters. The van der Waals surface area contributed by atoms with E-state index in [1.165, 1.54) is 64.5 Å². The molecule has 2 rings (SSSR count). The first-order valence-corrected chi connectivity index (χ1v) is 8.13. The zero-order valence-electron chi connectivity index (χ0n) is 12.4. The zero-order valence-corrected chi connectivity index (χ0v) is 12.4. The topological polar surface area (TPSA) is 29.3 Å². The molecule has 0 aliphatic heterocycles. The number of nitrogens with two attached hydrogens (primary N) is 1. The van der Waals surface area contributed by atoms with Gasteiger partial charge in [0.2, 0.25) is 0 Å². The van der Waals surface area contributed by atoms with Crippen LogP contribution in [0.15, 0.2) is 0 Å². The van der Waals surface area contributed by atoms with Crippen molar-refractivity contribution in [2.45, 2.75) is 64.3 Å². The molecule has 0 radical (unpaired) electrons. The first-order valence-electron chi connectivity index (χ1n) is 8.13. The highest BCUT2D eigenvalue weighted by Crippen LogP contribution is 2.32. The van der Waals surface area contributed by atoms with Gasteiger partial charge in [-0.25, -0.2) is 0 Å². The molecule has 0 spiro atoms. The molecule has 0 aromatic rings. The molecule has 106 valence electrons. The van der Waals surface area contributed by atoms with Crippen LogP contribution in [0.4, 0.5) is 0 Å². The minimum absolute atomic E-state index is 0.460. The van der Waals surface area contributed by atoms with Gasteiger partial charge in [-0.2, -0.15) is 0 Å². The SMILES string of the molecule is CCCC1CCC(N)C(CN(C)CC2CCC2)C1. The van der Waals surface area contributed by atoms with Crippen molar-refractivity contribution in [2.75, 3.05) is 20.1 Å². The third-order valence-corrected chi connectivity index (χ3v) is 5.19. The van der Waals surface area contributed by atoms with Crippen molar-refractivity contribution in [1.82, 2.24) is 4.90 Å². The van der Waals surface area contributed by atoms with Crippen molar-refractivity contribution in [2.24, 2.45) is 23.5 Å². The Morgan fingerprint density at radius 3 is 2.44 bits per heavy atom. The monoisotopic (exact) mass is 252 g/mol. The van der Waals surface area contributed by atoms with Crippen molar-refractivity contribution in [3.05, 3.63) is 0 Å². The molecule has 2 N–H and O–H groups in total. The Balaban J connectivity index is 1.74. The predicted molar refractivity (Wildman–Crippen MR) is 78.6 cm³/mol. The first-order chi connectivity index (χ1) is 8.69. The van der Waals surface area contributed by atoms with Gasteiger partial charge >= 0.3 is 0 Å². The molecule has 2 aliphatic carbocycles. The Hall–Kier alpha value is -0.0800. The van der Waals surface area contributed by atoms with Gasteiger partial charge in [0.1, 0.15) is 0 Å². The van der Waals surface area contributed by atoms with E-state index in [-0.39, 0.29) is 0 Å². The van der Waals surface area contributed by atoms with E-state index in [4.69, 9.17) is 5.73 Å². The van der Waals surface area contributed by atoms with E-state index >= 15 is 0 Å². The molecule has 3 atom stereocenters. The van der Waals surface area contributed by atoms with Crippen molar-refractivity contribution in [3.8, 4) is 0 Å². The maximum Gasteiger partial charge on any atom is 0.00795 e. The van der Waals surface area contributed by atoms with Gasteiger partial charge in [-0.1, -0.05) is 26.2 Å². The van der Waals surface area contributed by atoms with Crippen LogP contribution in [-0.4, -0.2) is 31.1 Å². The lowest BCUT2D eigenvalue weighted by Crippen LogP contribution is -2.43. The fraction of sp³-hybridized carbons (Fsp3) is 1.00. The Morgan fingerprint density at radius 1 is 1.06 bits per heavy atom. The van der Waals surface area contributed by atoms with Crippen molar-refractivity contribution < 1.29 is 0 Å². The summed E-state index contributed by atoms with van der Waals surface area (Å²) in [5.41, 5.74) is 6.34. The van der Waals surface area contributed by atoms with Gasteiger partial charge in [0.05, 0.1) is 0 Å². The average molecular weight is 252 g/mol. The van der Waals surface area contributed by atoms with E-state index in [1.807, 2.05) is 0 Å². The standard InChI is InChI=1S/C16H32N2/c1-3-5-13-8-9-16(17)15(10-13)12-18(2)11-14-6-4-7-14/h13-16H,3-12,17H2,1-2H3. The normalized spacial score (nSPS) is 33.7. The van der Waals surface area contributed by atoms with Crippen molar-refractivity contribution in [1.29, 1.82) is 0 Å². The van der Waals surface area contributed by atoms with Crippen LogP contribution in [-0.2, 0) is 0 Å². The minimum atomic E-state index is 0.460. The molecule has 0 aromatic heterocycles. The van der Waals surface area contributed by atoms with Gasteiger partial charge in [-0.05, 0) is 56.9 Å². The maximum absolute atomic E-state index is 6.34. The third-order valence-electron chi connectivity index (χ3n) is 5.19. The summed E-state index contributed by atoms with van der Waals surface area (Å²) >= 11 is 0. The third kappa shape index (κ3) is 3.96. The maximum atomic E-state index is 6.34. The fourth-order valence-corrected chi connectivity index (χ4v) is 3.86. The summed E-state index contributed by atoms with van der Waals surface area (Å²) in [7, 11) is 2.30. The molecule has 0 heterocycles. The summed E-state index contributed by atoms with van der Waals surface area (Å²) in [4.78, 5) is 2.56. The molecular weight excluding hydrogens is 220 g/mol. The second kappa shape index (κ2) is 6.91. The van der Waals surface area contributed by atoms with Gasteiger partial charge in [0.25, 0.3) is 0 Å². The summed E-state index contributed by atoms with van der Waals surface area (Å²) in [5.74, 6) is 2.69. The van der Waals surface area contributed by atoms with Gasteiger partial charge < -0.3 is 10.6 Å². The lowest BCUT2D eigenvalue weighted by molar-refractivity contribution is 0.139. The second-order valence-electron chi connectivity index (χ2n) is 6.91. The second-order valence-corrected chi connectivity index (χ2v) is 6.91. The largest absolute Gasteiger partial charge is 0.327 e. The molecule has 0 bridgehead atoms. The fourth-order valence-electron chi connectivity index (χ4n) is 3.86. The van der Waals surface area contributed by atoms with Crippen LogP contribution in [0, 0.1) is 17.8 Å². The highest BCUT2D eigenvalue weighted by atomic mass is 15.1. The Kier molecular flexibility index (Phi) is 5.50. The van der Waals surface area contributed by atoms with E-state index in [0.717, 1.165) is 17.8 Å². The number of hydrogen-bond acceptors (Lipinski definition) is 2. The summed E-state index contributed by atoms with van der Waals surface area (Å²) < 4.78 is 0.